The van der Waals surface area contributed by atoms with Crippen LogP contribution in [0.1, 0.15) is 11.4 Å². The van der Waals surface area contributed by atoms with E-state index in [0.717, 1.165) is 22.9 Å². The van der Waals surface area contributed by atoms with Gasteiger partial charge in [0, 0.05) is 38.3 Å². The van der Waals surface area contributed by atoms with Gasteiger partial charge < -0.3 is 19.3 Å². The standard InChI is InChI=1S/C25H26N4O3/c1-19-26-23(18-24(27-19)32-22-6-4-3-5-7-22)28-14-16-29(17-15-28)25(30)13-10-20-8-11-21(31-2)12-9-20/h3-13,18H,14-17H2,1-2H3/b13-10+. The summed E-state index contributed by atoms with van der Waals surface area (Å²) >= 11 is 0. The van der Waals surface area contributed by atoms with Crippen molar-refractivity contribution < 1.29 is 14.3 Å². The number of hydrogen-bond donors (Lipinski definition) is 0. The molecule has 2 heterocycles. The number of nitrogens with zero attached hydrogens (tertiary/aromatic N) is 4. The second-order valence-electron chi connectivity index (χ2n) is 7.45. The Morgan fingerprint density at radius 2 is 1.66 bits per heavy atom. The van der Waals surface area contributed by atoms with E-state index in [1.54, 1.807) is 13.2 Å². The topological polar surface area (TPSA) is 67.8 Å². The van der Waals surface area contributed by atoms with E-state index in [-0.39, 0.29) is 5.91 Å². The summed E-state index contributed by atoms with van der Waals surface area (Å²) in [6.45, 7) is 4.51. The van der Waals surface area contributed by atoms with Gasteiger partial charge in [0.2, 0.25) is 11.8 Å². The molecule has 1 aliphatic rings. The van der Waals surface area contributed by atoms with Gasteiger partial charge in [-0.3, -0.25) is 4.79 Å². The number of piperazine rings is 1. The van der Waals surface area contributed by atoms with Crippen molar-refractivity contribution in [3.8, 4) is 17.4 Å². The molecule has 1 aromatic heterocycles. The van der Waals surface area contributed by atoms with E-state index in [2.05, 4.69) is 14.9 Å². The summed E-state index contributed by atoms with van der Waals surface area (Å²) in [6, 6.07) is 19.0. The van der Waals surface area contributed by atoms with Crippen LogP contribution in [-0.4, -0.2) is 54.1 Å². The molecule has 1 fully saturated rings. The van der Waals surface area contributed by atoms with Crippen molar-refractivity contribution in [2.45, 2.75) is 6.92 Å². The van der Waals surface area contributed by atoms with Crippen LogP contribution in [0.2, 0.25) is 0 Å². The van der Waals surface area contributed by atoms with Crippen LogP contribution in [0.15, 0.2) is 66.7 Å². The first kappa shape index (κ1) is 21.4. The maximum atomic E-state index is 12.6. The predicted molar refractivity (Wildman–Crippen MR) is 124 cm³/mol. The molecule has 164 valence electrons. The maximum Gasteiger partial charge on any atom is 0.246 e. The zero-order chi connectivity index (χ0) is 22.3. The molecule has 0 N–H and O–H groups in total. The van der Waals surface area contributed by atoms with Crippen LogP contribution in [0.3, 0.4) is 0 Å². The molecule has 0 atom stereocenters. The molecular weight excluding hydrogens is 404 g/mol. The molecule has 0 bridgehead atoms. The molecule has 0 saturated carbocycles. The number of amides is 1. The molecule has 0 aliphatic carbocycles. The highest BCUT2D eigenvalue weighted by Gasteiger charge is 2.21. The molecule has 1 saturated heterocycles. The number of carbonyl (C=O) groups is 1. The van der Waals surface area contributed by atoms with E-state index < -0.39 is 0 Å². The molecule has 2 aromatic carbocycles. The number of aryl methyl sites for hydroxylation is 1. The van der Waals surface area contributed by atoms with Gasteiger partial charge in [0.25, 0.3) is 0 Å². The minimum atomic E-state index is 0.00689. The lowest BCUT2D eigenvalue weighted by Crippen LogP contribution is -2.48. The molecule has 7 heteroatoms. The van der Waals surface area contributed by atoms with Gasteiger partial charge in [-0.1, -0.05) is 30.3 Å². The van der Waals surface area contributed by atoms with Crippen molar-refractivity contribution in [3.63, 3.8) is 0 Å². The number of ether oxygens (including phenoxy) is 2. The van der Waals surface area contributed by atoms with Crippen molar-refractivity contribution in [2.24, 2.45) is 0 Å². The quantitative estimate of drug-likeness (QED) is 0.552. The van der Waals surface area contributed by atoms with Crippen LogP contribution < -0.4 is 14.4 Å². The van der Waals surface area contributed by atoms with Gasteiger partial charge in [-0.25, -0.2) is 4.98 Å². The predicted octanol–water partition coefficient (Wildman–Crippen LogP) is 3.95. The third-order valence-corrected chi connectivity index (χ3v) is 5.22. The van der Waals surface area contributed by atoms with Gasteiger partial charge in [-0.2, -0.15) is 4.98 Å². The summed E-state index contributed by atoms with van der Waals surface area (Å²) in [5.41, 5.74) is 0.959. The number of para-hydroxylation sites is 1. The monoisotopic (exact) mass is 430 g/mol. The number of aromatic nitrogens is 2. The fourth-order valence-corrected chi connectivity index (χ4v) is 3.49. The highest BCUT2D eigenvalue weighted by Crippen LogP contribution is 2.24. The molecule has 1 aliphatic heterocycles. The highest BCUT2D eigenvalue weighted by atomic mass is 16.5. The average Bonchev–Trinajstić information content (AvgIpc) is 2.83. The van der Waals surface area contributed by atoms with Crippen LogP contribution in [0, 0.1) is 6.92 Å². The lowest BCUT2D eigenvalue weighted by atomic mass is 10.2. The first-order valence-corrected chi connectivity index (χ1v) is 10.6. The number of rotatable bonds is 6. The number of carbonyl (C=O) groups excluding carboxylic acids is 1. The Morgan fingerprint density at radius 1 is 0.938 bits per heavy atom. The number of benzene rings is 2. The summed E-state index contributed by atoms with van der Waals surface area (Å²) in [5, 5.41) is 0. The van der Waals surface area contributed by atoms with Crippen LogP contribution in [0.5, 0.6) is 17.4 Å². The van der Waals surface area contributed by atoms with E-state index >= 15 is 0 Å². The maximum absolute atomic E-state index is 12.6. The van der Waals surface area contributed by atoms with Gasteiger partial charge in [-0.15, -0.1) is 0 Å². The second-order valence-corrected chi connectivity index (χ2v) is 7.45. The molecule has 0 unspecified atom stereocenters. The van der Waals surface area contributed by atoms with E-state index in [9.17, 15) is 4.79 Å². The molecular formula is C25H26N4O3. The Kier molecular flexibility index (Phi) is 6.65. The average molecular weight is 431 g/mol. The molecule has 1 amide bonds. The van der Waals surface area contributed by atoms with Crippen molar-refractivity contribution in [1.82, 2.24) is 14.9 Å². The Labute approximate surface area is 187 Å². The van der Waals surface area contributed by atoms with Crippen molar-refractivity contribution in [1.29, 1.82) is 0 Å². The third kappa shape index (κ3) is 5.43. The zero-order valence-electron chi connectivity index (χ0n) is 18.3. The van der Waals surface area contributed by atoms with Crippen LogP contribution in [0.4, 0.5) is 5.82 Å². The van der Waals surface area contributed by atoms with Gasteiger partial charge in [0.1, 0.15) is 23.1 Å². The zero-order valence-corrected chi connectivity index (χ0v) is 18.3. The number of hydrogen-bond acceptors (Lipinski definition) is 6. The summed E-state index contributed by atoms with van der Waals surface area (Å²) in [7, 11) is 1.63. The summed E-state index contributed by atoms with van der Waals surface area (Å²) in [5.74, 6) is 3.50. The number of anilines is 1. The highest BCUT2D eigenvalue weighted by molar-refractivity contribution is 5.92. The van der Waals surface area contributed by atoms with Gasteiger partial charge in [-0.05, 0) is 42.8 Å². The minimum Gasteiger partial charge on any atom is -0.497 e. The molecule has 32 heavy (non-hydrogen) atoms. The lowest BCUT2D eigenvalue weighted by molar-refractivity contribution is -0.126. The molecule has 4 rings (SSSR count). The Balaban J connectivity index is 1.35. The van der Waals surface area contributed by atoms with Crippen LogP contribution in [-0.2, 0) is 4.79 Å². The Bertz CT molecular complexity index is 1080. The second kappa shape index (κ2) is 9.96. The summed E-state index contributed by atoms with van der Waals surface area (Å²) < 4.78 is 11.0. The van der Waals surface area contributed by atoms with Gasteiger partial charge >= 0.3 is 0 Å². The smallest absolute Gasteiger partial charge is 0.246 e. The largest absolute Gasteiger partial charge is 0.497 e. The summed E-state index contributed by atoms with van der Waals surface area (Å²) in [6.07, 6.45) is 3.45. The first-order valence-electron chi connectivity index (χ1n) is 10.6. The SMILES string of the molecule is COc1ccc(/C=C/C(=O)N2CCN(c3cc(Oc4ccccc4)nc(C)n3)CC2)cc1. The Hall–Kier alpha value is -3.87. The van der Waals surface area contributed by atoms with E-state index in [1.807, 2.05) is 78.6 Å². The normalized spacial score (nSPS) is 13.9. The first-order chi connectivity index (χ1) is 15.6. The van der Waals surface area contributed by atoms with Crippen molar-refractivity contribution in [2.75, 3.05) is 38.2 Å². The minimum absolute atomic E-state index is 0.00689. The fourth-order valence-electron chi connectivity index (χ4n) is 3.49. The van der Waals surface area contributed by atoms with Gasteiger partial charge in [0.05, 0.1) is 7.11 Å². The number of methoxy groups -OCH3 is 1. The molecule has 3 aromatic rings. The molecule has 7 nitrogen and oxygen atoms in total. The Morgan fingerprint density at radius 3 is 2.34 bits per heavy atom. The van der Waals surface area contributed by atoms with Gasteiger partial charge in [0.15, 0.2) is 0 Å². The van der Waals surface area contributed by atoms with Crippen molar-refractivity contribution in [3.05, 3.63) is 78.1 Å². The lowest BCUT2D eigenvalue weighted by Gasteiger charge is -2.35. The van der Waals surface area contributed by atoms with E-state index in [4.69, 9.17) is 9.47 Å². The van der Waals surface area contributed by atoms with Crippen molar-refractivity contribution >= 4 is 17.8 Å². The fraction of sp³-hybridized carbons (Fsp3) is 0.240. The summed E-state index contributed by atoms with van der Waals surface area (Å²) in [4.78, 5) is 25.6. The van der Waals surface area contributed by atoms with Crippen LogP contribution in [0.25, 0.3) is 6.08 Å². The molecule has 0 radical (unpaired) electrons. The van der Waals surface area contributed by atoms with E-state index in [1.165, 1.54) is 0 Å². The van der Waals surface area contributed by atoms with E-state index in [0.29, 0.717) is 37.9 Å². The molecule has 0 spiro atoms. The van der Waals surface area contributed by atoms with Crippen LogP contribution >= 0.6 is 0 Å². The third-order valence-electron chi connectivity index (χ3n) is 5.22.